The minimum absolute atomic E-state index is 0.0154. The van der Waals surface area contributed by atoms with Gasteiger partial charge in [-0.25, -0.2) is 0 Å². The number of rotatable bonds is 9. The lowest BCUT2D eigenvalue weighted by Crippen LogP contribution is -2.36. The Balaban J connectivity index is 1.56. The van der Waals surface area contributed by atoms with Crippen LogP contribution in [-0.2, 0) is 29.1 Å². The molecule has 10 heteroatoms. The van der Waals surface area contributed by atoms with Gasteiger partial charge in [-0.15, -0.1) is 0 Å². The molecule has 210 valence electrons. The van der Waals surface area contributed by atoms with E-state index in [2.05, 4.69) is 11.1 Å². The average molecular weight is 549 g/mol. The van der Waals surface area contributed by atoms with Crippen LogP contribution in [0.2, 0.25) is 0 Å². The number of para-hydroxylation sites is 1. The van der Waals surface area contributed by atoms with Gasteiger partial charge in [0.25, 0.3) is 0 Å². The number of H-pyrrole nitrogens is 1. The first-order chi connectivity index (χ1) is 19.4. The number of nitrogens with zero attached hydrogens (tertiary/aromatic N) is 1. The van der Waals surface area contributed by atoms with Crippen molar-refractivity contribution < 1.29 is 33.3 Å². The van der Waals surface area contributed by atoms with Crippen molar-refractivity contribution in [1.82, 2.24) is 9.88 Å². The van der Waals surface area contributed by atoms with Crippen LogP contribution in [0.4, 0.5) is 0 Å². The van der Waals surface area contributed by atoms with Crippen molar-refractivity contribution in [3.8, 4) is 23.0 Å². The highest BCUT2D eigenvalue weighted by atomic mass is 16.5. The third kappa shape index (κ3) is 4.86. The summed E-state index contributed by atoms with van der Waals surface area (Å²) in [7, 11) is 5.93. The van der Waals surface area contributed by atoms with E-state index in [1.165, 1.54) is 45.5 Å². The van der Waals surface area contributed by atoms with Gasteiger partial charge >= 0.3 is 0 Å². The summed E-state index contributed by atoms with van der Waals surface area (Å²) in [6.07, 6.45) is 0.605. The molecule has 0 fully saturated rings. The second-order valence-electron chi connectivity index (χ2n) is 9.60. The predicted octanol–water partition coefficient (Wildman–Crippen LogP) is 4.11. The average Bonchev–Trinajstić information content (AvgIpc) is 3.35. The molecular weight excluding hydrogens is 516 g/mol. The van der Waals surface area contributed by atoms with Crippen molar-refractivity contribution >= 4 is 16.8 Å². The second kappa shape index (κ2) is 11.4. The molecule has 1 aliphatic rings. The van der Waals surface area contributed by atoms with Crippen LogP contribution in [-0.4, -0.2) is 55.9 Å². The normalized spacial score (nSPS) is 13.7. The zero-order chi connectivity index (χ0) is 28.4. The van der Waals surface area contributed by atoms with Gasteiger partial charge in [-0.2, -0.15) is 0 Å². The number of ether oxygens (including phenoxy) is 4. The Morgan fingerprint density at radius 3 is 2.58 bits per heavy atom. The molecule has 1 aliphatic heterocycles. The Hall–Kier alpha value is -4.44. The zero-order valence-corrected chi connectivity index (χ0v) is 22.9. The first-order valence-electron chi connectivity index (χ1n) is 12.9. The number of aromatic nitrogens is 1. The zero-order valence-electron chi connectivity index (χ0n) is 22.9. The fourth-order valence-electron chi connectivity index (χ4n) is 5.46. The van der Waals surface area contributed by atoms with E-state index < -0.39 is 17.1 Å². The Kier molecular flexibility index (Phi) is 7.70. The SMILES string of the molecule is COCc1cc(=O)c(O)c([C@H](CC(=O)N2CCc3c([nH]c4ccccc34)C2)c2ccc(OC)c(OC)c2OC)o1. The maximum absolute atomic E-state index is 13.9. The van der Waals surface area contributed by atoms with Crippen LogP contribution in [0.3, 0.4) is 0 Å². The molecule has 0 saturated carbocycles. The van der Waals surface area contributed by atoms with E-state index in [9.17, 15) is 14.7 Å². The molecule has 2 aromatic heterocycles. The molecular formula is C30H32N2O8. The molecule has 0 saturated heterocycles. The summed E-state index contributed by atoms with van der Waals surface area (Å²) in [6.45, 7) is 0.961. The van der Waals surface area contributed by atoms with Gasteiger partial charge in [0.15, 0.2) is 17.3 Å². The second-order valence-corrected chi connectivity index (χ2v) is 9.60. The summed E-state index contributed by atoms with van der Waals surface area (Å²) < 4.78 is 27.8. The van der Waals surface area contributed by atoms with E-state index in [1.54, 1.807) is 17.0 Å². The molecule has 1 atom stereocenters. The number of carbonyl (C=O) groups is 1. The molecule has 4 aromatic rings. The van der Waals surface area contributed by atoms with Gasteiger partial charge in [0.05, 0.1) is 33.8 Å². The standard InChI is InChI=1S/C30H32N2O8/c1-36-16-17-13-24(33)27(35)28(40-17)21(20-9-10-25(37-2)30(39-4)29(20)38-3)14-26(34)32-12-11-19-18-7-5-6-8-22(18)31-23(19)15-32/h5-10,13,21,31,35H,11-12,14-16H2,1-4H3/t21-/m1/s1. The van der Waals surface area contributed by atoms with Gasteiger partial charge in [0.1, 0.15) is 12.4 Å². The van der Waals surface area contributed by atoms with Crippen LogP contribution in [0.15, 0.2) is 51.7 Å². The van der Waals surface area contributed by atoms with E-state index in [0.717, 1.165) is 11.2 Å². The quantitative estimate of drug-likeness (QED) is 0.320. The number of carbonyl (C=O) groups excluding carboxylic acids is 1. The van der Waals surface area contributed by atoms with Gasteiger partial charge in [-0.05, 0) is 24.1 Å². The smallest absolute Gasteiger partial charge is 0.227 e. The molecule has 5 rings (SSSR count). The van der Waals surface area contributed by atoms with Crippen LogP contribution in [0, 0.1) is 0 Å². The van der Waals surface area contributed by atoms with Gasteiger partial charge in [0.2, 0.25) is 22.8 Å². The van der Waals surface area contributed by atoms with Gasteiger partial charge in [-0.3, -0.25) is 9.59 Å². The minimum atomic E-state index is -0.879. The van der Waals surface area contributed by atoms with Crippen molar-refractivity contribution in [2.45, 2.75) is 31.9 Å². The van der Waals surface area contributed by atoms with E-state index in [0.29, 0.717) is 42.3 Å². The van der Waals surface area contributed by atoms with Crippen molar-refractivity contribution in [1.29, 1.82) is 0 Å². The number of aromatic amines is 1. The van der Waals surface area contributed by atoms with Gasteiger partial charge in [0, 0.05) is 48.3 Å². The highest BCUT2D eigenvalue weighted by molar-refractivity contribution is 5.86. The lowest BCUT2D eigenvalue weighted by Gasteiger charge is -2.29. The number of aromatic hydroxyl groups is 1. The summed E-state index contributed by atoms with van der Waals surface area (Å²) in [5.41, 5.74) is 3.11. The number of benzene rings is 2. The fraction of sp³-hybridized carbons (Fsp3) is 0.333. The molecule has 2 N–H and O–H groups in total. The topological polar surface area (TPSA) is 123 Å². The van der Waals surface area contributed by atoms with E-state index in [-0.39, 0.29) is 30.5 Å². The number of hydrogen-bond acceptors (Lipinski definition) is 8. The highest BCUT2D eigenvalue weighted by Crippen LogP contribution is 2.46. The van der Waals surface area contributed by atoms with Crippen molar-refractivity contribution in [3.63, 3.8) is 0 Å². The van der Waals surface area contributed by atoms with Gasteiger partial charge in [-0.1, -0.05) is 24.3 Å². The largest absolute Gasteiger partial charge is 0.502 e. The summed E-state index contributed by atoms with van der Waals surface area (Å²) in [6, 6.07) is 12.7. The molecule has 3 heterocycles. The number of nitrogens with one attached hydrogen (secondary N) is 1. The number of methoxy groups -OCH3 is 4. The number of hydrogen-bond donors (Lipinski definition) is 2. The lowest BCUT2D eigenvalue weighted by atomic mass is 9.90. The molecule has 40 heavy (non-hydrogen) atoms. The van der Waals surface area contributed by atoms with Crippen LogP contribution in [0.1, 0.15) is 40.7 Å². The predicted molar refractivity (Wildman–Crippen MR) is 147 cm³/mol. The van der Waals surface area contributed by atoms with Crippen LogP contribution in [0.5, 0.6) is 23.0 Å². The summed E-state index contributed by atoms with van der Waals surface area (Å²) in [5.74, 6) is -0.424. The Morgan fingerprint density at radius 1 is 1.07 bits per heavy atom. The van der Waals surface area contributed by atoms with Crippen LogP contribution in [0.25, 0.3) is 10.9 Å². The molecule has 0 spiro atoms. The Labute approximate surface area is 231 Å². The minimum Gasteiger partial charge on any atom is -0.502 e. The Morgan fingerprint density at radius 2 is 1.85 bits per heavy atom. The van der Waals surface area contributed by atoms with Crippen molar-refractivity contribution in [2.75, 3.05) is 35.0 Å². The summed E-state index contributed by atoms with van der Waals surface area (Å²) >= 11 is 0. The monoisotopic (exact) mass is 548 g/mol. The van der Waals surface area contributed by atoms with Gasteiger partial charge < -0.3 is 38.4 Å². The molecule has 0 radical (unpaired) electrons. The Bertz CT molecular complexity index is 1610. The first-order valence-corrected chi connectivity index (χ1v) is 12.9. The van der Waals surface area contributed by atoms with Crippen LogP contribution >= 0.6 is 0 Å². The lowest BCUT2D eigenvalue weighted by molar-refractivity contribution is -0.132. The maximum atomic E-state index is 13.9. The molecule has 10 nitrogen and oxygen atoms in total. The molecule has 0 aliphatic carbocycles. The van der Waals surface area contributed by atoms with Crippen molar-refractivity contribution in [2.24, 2.45) is 0 Å². The fourth-order valence-corrected chi connectivity index (χ4v) is 5.46. The third-order valence-corrected chi connectivity index (χ3v) is 7.33. The molecule has 1 amide bonds. The number of amides is 1. The summed E-state index contributed by atoms with van der Waals surface area (Å²) in [4.78, 5) is 31.8. The summed E-state index contributed by atoms with van der Waals surface area (Å²) in [5, 5.41) is 12.0. The first kappa shape index (κ1) is 27.1. The molecule has 0 unspecified atom stereocenters. The maximum Gasteiger partial charge on any atom is 0.227 e. The van der Waals surface area contributed by atoms with E-state index in [4.69, 9.17) is 23.4 Å². The molecule has 2 aromatic carbocycles. The van der Waals surface area contributed by atoms with E-state index in [1.807, 2.05) is 18.2 Å². The van der Waals surface area contributed by atoms with Crippen molar-refractivity contribution in [3.05, 3.63) is 81.0 Å². The molecule has 0 bridgehead atoms. The number of fused-ring (bicyclic) bond motifs is 3. The third-order valence-electron chi connectivity index (χ3n) is 7.33. The van der Waals surface area contributed by atoms with Crippen LogP contribution < -0.4 is 19.6 Å². The highest BCUT2D eigenvalue weighted by Gasteiger charge is 2.33. The van der Waals surface area contributed by atoms with E-state index >= 15 is 0 Å².